The molecule has 3 heterocycles. The highest BCUT2D eigenvalue weighted by Crippen LogP contribution is 2.21. The Balaban J connectivity index is 1.40. The summed E-state index contributed by atoms with van der Waals surface area (Å²) in [6.45, 7) is 2.10. The number of tetrazole rings is 1. The van der Waals surface area contributed by atoms with Crippen molar-refractivity contribution in [1.82, 2.24) is 40.5 Å². The highest BCUT2D eigenvalue weighted by atomic mass is 19.1. The number of halogens is 1. The van der Waals surface area contributed by atoms with Crippen LogP contribution in [0.1, 0.15) is 24.6 Å². The number of rotatable bonds is 5. The molecule has 0 aliphatic carbocycles. The van der Waals surface area contributed by atoms with Crippen LogP contribution in [0, 0.1) is 5.82 Å². The minimum absolute atomic E-state index is 0.147. The number of piperidine rings is 1. The molecule has 0 atom stereocenters. The van der Waals surface area contributed by atoms with E-state index in [4.69, 9.17) is 4.74 Å². The number of benzene rings is 1. The van der Waals surface area contributed by atoms with Gasteiger partial charge in [-0.2, -0.15) is 15.0 Å². The summed E-state index contributed by atoms with van der Waals surface area (Å²) in [6.07, 6.45) is 5.06. The zero-order chi connectivity index (χ0) is 17.1. The van der Waals surface area contributed by atoms with E-state index in [1.54, 1.807) is 23.1 Å². The second-order valence-corrected chi connectivity index (χ2v) is 5.80. The van der Waals surface area contributed by atoms with Gasteiger partial charge in [-0.15, -0.1) is 5.10 Å². The van der Waals surface area contributed by atoms with E-state index in [9.17, 15) is 4.39 Å². The van der Waals surface area contributed by atoms with Gasteiger partial charge in [0, 0.05) is 6.07 Å². The molecule has 1 aromatic carbocycles. The second-order valence-electron chi connectivity index (χ2n) is 5.80. The van der Waals surface area contributed by atoms with Crippen LogP contribution in [-0.2, 0) is 6.61 Å². The topological polar surface area (TPSA) is 95.6 Å². The Morgan fingerprint density at radius 3 is 2.92 bits per heavy atom. The predicted octanol–water partition coefficient (Wildman–Crippen LogP) is 0.896. The minimum atomic E-state index is -0.487. The third kappa shape index (κ3) is 3.48. The smallest absolute Gasteiger partial charge is 0.167 e. The molecule has 4 rings (SSSR count). The molecule has 9 nitrogen and oxygen atoms in total. The first-order valence-corrected chi connectivity index (χ1v) is 8.07. The average Bonchev–Trinajstić information content (AvgIpc) is 3.33. The second kappa shape index (κ2) is 6.93. The minimum Gasteiger partial charge on any atom is -0.484 e. The highest BCUT2D eigenvalue weighted by molar-refractivity contribution is 5.37. The maximum atomic E-state index is 14.2. The Kier molecular flexibility index (Phi) is 4.34. The van der Waals surface area contributed by atoms with E-state index in [-0.39, 0.29) is 12.4 Å². The molecule has 1 saturated heterocycles. The zero-order valence-corrected chi connectivity index (χ0v) is 13.4. The monoisotopic (exact) mass is 344 g/mol. The lowest BCUT2D eigenvalue weighted by Crippen LogP contribution is -2.30. The van der Waals surface area contributed by atoms with Crippen LogP contribution < -0.4 is 10.1 Å². The Hall–Kier alpha value is -2.88. The third-order valence-electron chi connectivity index (χ3n) is 4.10. The van der Waals surface area contributed by atoms with Crippen molar-refractivity contribution in [3.8, 4) is 11.4 Å². The van der Waals surface area contributed by atoms with Gasteiger partial charge in [0.15, 0.2) is 11.6 Å². The molecule has 0 unspecified atom stereocenters. The Labute approximate surface area is 142 Å². The summed E-state index contributed by atoms with van der Waals surface area (Å²) in [6, 6.07) is 4.85. The van der Waals surface area contributed by atoms with Crippen LogP contribution in [0.25, 0.3) is 5.69 Å². The van der Waals surface area contributed by atoms with Gasteiger partial charge in [0.25, 0.3) is 0 Å². The van der Waals surface area contributed by atoms with Gasteiger partial charge < -0.3 is 10.1 Å². The summed E-state index contributed by atoms with van der Waals surface area (Å²) in [5, 5.41) is 22.8. The van der Waals surface area contributed by atoms with E-state index in [1.807, 2.05) is 0 Å². The van der Waals surface area contributed by atoms with E-state index in [0.29, 0.717) is 17.4 Å². The first kappa shape index (κ1) is 15.6. The summed E-state index contributed by atoms with van der Waals surface area (Å²) in [5.74, 6) is -0.341. The maximum Gasteiger partial charge on any atom is 0.167 e. The largest absolute Gasteiger partial charge is 0.484 e. The van der Waals surface area contributed by atoms with Crippen LogP contribution in [0.4, 0.5) is 4.39 Å². The van der Waals surface area contributed by atoms with Gasteiger partial charge in [0.05, 0.1) is 17.9 Å². The molecule has 1 aliphatic heterocycles. The lowest BCUT2D eigenvalue weighted by atomic mass is 10.1. The number of nitrogens with one attached hydrogen (secondary N) is 1. The molecule has 0 bridgehead atoms. The van der Waals surface area contributed by atoms with E-state index >= 15 is 0 Å². The SMILES string of the molecule is Fc1cc(-n2cnnn2)ccc1OCc1cnn(C2CCNCC2)n1. The van der Waals surface area contributed by atoms with Crippen molar-refractivity contribution in [3.05, 3.63) is 42.2 Å². The molecule has 2 aromatic heterocycles. The molecule has 1 N–H and O–H groups in total. The van der Waals surface area contributed by atoms with Crippen LogP contribution in [0.5, 0.6) is 5.75 Å². The number of hydrogen-bond donors (Lipinski definition) is 1. The highest BCUT2D eigenvalue weighted by Gasteiger charge is 2.17. The molecular formula is C15H17FN8O. The summed E-state index contributed by atoms with van der Waals surface area (Å²) >= 11 is 0. The third-order valence-corrected chi connectivity index (χ3v) is 4.10. The molecule has 25 heavy (non-hydrogen) atoms. The van der Waals surface area contributed by atoms with Crippen molar-refractivity contribution < 1.29 is 9.13 Å². The zero-order valence-electron chi connectivity index (χ0n) is 13.4. The van der Waals surface area contributed by atoms with Crippen LogP contribution in [0.3, 0.4) is 0 Å². The van der Waals surface area contributed by atoms with Gasteiger partial charge in [-0.1, -0.05) is 0 Å². The average molecular weight is 344 g/mol. The van der Waals surface area contributed by atoms with Crippen LogP contribution in [0.2, 0.25) is 0 Å². The van der Waals surface area contributed by atoms with Crippen molar-refractivity contribution in [1.29, 1.82) is 0 Å². The lowest BCUT2D eigenvalue weighted by molar-refractivity contribution is 0.277. The molecule has 3 aromatic rings. The van der Waals surface area contributed by atoms with Gasteiger partial charge >= 0.3 is 0 Å². The van der Waals surface area contributed by atoms with Crippen LogP contribution >= 0.6 is 0 Å². The van der Waals surface area contributed by atoms with E-state index < -0.39 is 5.82 Å². The normalized spacial score (nSPS) is 15.4. The maximum absolute atomic E-state index is 14.2. The molecule has 0 amide bonds. The Bertz CT molecular complexity index is 828. The van der Waals surface area contributed by atoms with Crippen molar-refractivity contribution in [2.75, 3.05) is 13.1 Å². The van der Waals surface area contributed by atoms with Gasteiger partial charge in [-0.3, -0.25) is 0 Å². The molecule has 0 saturated carbocycles. The lowest BCUT2D eigenvalue weighted by Gasteiger charge is -2.21. The quantitative estimate of drug-likeness (QED) is 0.734. The molecule has 1 fully saturated rings. The number of nitrogens with zero attached hydrogens (tertiary/aromatic N) is 7. The first-order valence-electron chi connectivity index (χ1n) is 8.07. The fourth-order valence-electron chi connectivity index (χ4n) is 2.77. The van der Waals surface area contributed by atoms with Crippen molar-refractivity contribution in [2.24, 2.45) is 0 Å². The van der Waals surface area contributed by atoms with Gasteiger partial charge in [-0.25, -0.2) is 9.07 Å². The van der Waals surface area contributed by atoms with Crippen molar-refractivity contribution in [2.45, 2.75) is 25.5 Å². The van der Waals surface area contributed by atoms with E-state index in [2.05, 4.69) is 31.0 Å². The molecule has 0 radical (unpaired) electrons. The van der Waals surface area contributed by atoms with Gasteiger partial charge in [0.1, 0.15) is 18.6 Å². The predicted molar refractivity (Wildman–Crippen MR) is 84.6 cm³/mol. The summed E-state index contributed by atoms with van der Waals surface area (Å²) in [5.41, 5.74) is 1.19. The van der Waals surface area contributed by atoms with E-state index in [1.165, 1.54) is 17.1 Å². The molecule has 10 heteroatoms. The van der Waals surface area contributed by atoms with Crippen LogP contribution in [0.15, 0.2) is 30.7 Å². The number of aromatic nitrogens is 7. The summed E-state index contributed by atoms with van der Waals surface area (Å²) in [7, 11) is 0. The standard InChI is InChI=1S/C15H17FN8O/c16-14-7-13(23-10-18-21-22-23)1-2-15(14)25-9-11-8-19-24(20-11)12-3-5-17-6-4-12/h1-2,7-8,10,12,17H,3-6,9H2. The molecule has 1 aliphatic rings. The fourth-order valence-corrected chi connectivity index (χ4v) is 2.77. The number of ether oxygens (including phenoxy) is 1. The van der Waals surface area contributed by atoms with Crippen molar-refractivity contribution >= 4 is 0 Å². The number of hydrogen-bond acceptors (Lipinski definition) is 7. The Morgan fingerprint density at radius 1 is 1.28 bits per heavy atom. The van der Waals surface area contributed by atoms with Crippen molar-refractivity contribution in [3.63, 3.8) is 0 Å². The summed E-state index contributed by atoms with van der Waals surface area (Å²) < 4.78 is 21.1. The molecule has 130 valence electrons. The first-order chi connectivity index (χ1) is 12.3. The van der Waals surface area contributed by atoms with Gasteiger partial charge in [0.2, 0.25) is 0 Å². The fraction of sp³-hybridized carbons (Fsp3) is 0.400. The van der Waals surface area contributed by atoms with Crippen LogP contribution in [-0.4, -0.2) is 48.3 Å². The summed E-state index contributed by atoms with van der Waals surface area (Å²) in [4.78, 5) is 1.73. The van der Waals surface area contributed by atoms with Gasteiger partial charge in [-0.05, 0) is 48.5 Å². The Morgan fingerprint density at radius 2 is 2.16 bits per heavy atom. The molecular weight excluding hydrogens is 327 g/mol. The van der Waals surface area contributed by atoms with E-state index in [0.717, 1.165) is 25.9 Å². The molecule has 0 spiro atoms.